The Bertz CT molecular complexity index is 1170. The number of ether oxygens (including phenoxy) is 1. The van der Waals surface area contributed by atoms with E-state index in [4.69, 9.17) is 10.5 Å². The second-order valence-corrected chi connectivity index (χ2v) is 9.80. The Morgan fingerprint density at radius 2 is 2.00 bits per heavy atom. The zero-order chi connectivity index (χ0) is 20.9. The lowest BCUT2D eigenvalue weighted by molar-refractivity contribution is -0.128. The number of carbonyl (C=O) groups excluding carboxylic acids is 1. The number of amides is 1. The van der Waals surface area contributed by atoms with Crippen molar-refractivity contribution in [1.29, 1.82) is 0 Å². The van der Waals surface area contributed by atoms with Crippen LogP contribution in [0.3, 0.4) is 0 Å². The number of nitrogens with two attached hydrogens (primary N) is 1. The van der Waals surface area contributed by atoms with Crippen molar-refractivity contribution in [2.24, 2.45) is 10.7 Å². The molecule has 0 fully saturated rings. The summed E-state index contributed by atoms with van der Waals surface area (Å²) in [4.78, 5) is 18.6. The highest BCUT2D eigenvalue weighted by Crippen LogP contribution is 2.44. The summed E-state index contributed by atoms with van der Waals surface area (Å²) in [5, 5.41) is 3.17. The number of fused-ring (bicyclic) bond motifs is 1. The van der Waals surface area contributed by atoms with Crippen molar-refractivity contribution in [3.8, 4) is 16.9 Å². The topological polar surface area (TPSA) is 67.9 Å². The third-order valence-corrected chi connectivity index (χ3v) is 7.93. The van der Waals surface area contributed by atoms with Crippen LogP contribution < -0.4 is 10.5 Å². The molecule has 29 heavy (non-hydrogen) atoms. The molecule has 0 saturated carbocycles. The van der Waals surface area contributed by atoms with E-state index in [0.717, 1.165) is 41.5 Å². The van der Waals surface area contributed by atoms with Crippen molar-refractivity contribution < 1.29 is 9.53 Å². The zero-order valence-electron chi connectivity index (χ0n) is 16.1. The molecule has 0 bridgehead atoms. The van der Waals surface area contributed by atoms with Gasteiger partial charge in [-0.2, -0.15) is 0 Å². The molecule has 150 valence electrons. The number of carbonyl (C=O) groups is 1. The van der Waals surface area contributed by atoms with Gasteiger partial charge in [0.25, 0.3) is 0 Å². The molecule has 4 rings (SSSR count). The molecule has 2 aromatic carbocycles. The summed E-state index contributed by atoms with van der Waals surface area (Å²) in [5.74, 6) is 0.955. The Morgan fingerprint density at radius 3 is 2.69 bits per heavy atom. The quantitative estimate of drug-likeness (QED) is 0.481. The van der Waals surface area contributed by atoms with E-state index in [9.17, 15) is 4.79 Å². The fraction of sp³-hybridized carbons (Fsp3) is 0.238. The van der Waals surface area contributed by atoms with Crippen LogP contribution in [-0.2, 0) is 10.3 Å². The third kappa shape index (κ3) is 3.47. The van der Waals surface area contributed by atoms with Crippen LogP contribution in [0.1, 0.15) is 18.9 Å². The molecule has 5 nitrogen and oxygen atoms in total. The molecule has 8 heteroatoms. The summed E-state index contributed by atoms with van der Waals surface area (Å²) in [6, 6.07) is 10.3. The van der Waals surface area contributed by atoms with E-state index in [0.29, 0.717) is 0 Å². The number of guanidine groups is 1. The molecule has 3 aromatic rings. The second-order valence-electron chi connectivity index (χ2n) is 7.21. The van der Waals surface area contributed by atoms with Crippen molar-refractivity contribution in [3.05, 3.63) is 50.2 Å². The van der Waals surface area contributed by atoms with Gasteiger partial charge in [-0.3, -0.25) is 9.69 Å². The van der Waals surface area contributed by atoms with E-state index in [-0.39, 0.29) is 18.3 Å². The first-order valence-electron chi connectivity index (χ1n) is 8.90. The van der Waals surface area contributed by atoms with E-state index in [1.165, 1.54) is 4.90 Å². The highest BCUT2D eigenvalue weighted by Gasteiger charge is 2.36. The summed E-state index contributed by atoms with van der Waals surface area (Å²) in [7, 11) is 3.30. The van der Waals surface area contributed by atoms with Gasteiger partial charge in [-0.15, -0.1) is 11.3 Å². The lowest BCUT2D eigenvalue weighted by Gasteiger charge is -2.34. The summed E-state index contributed by atoms with van der Waals surface area (Å²) in [6.45, 7) is 1.96. The zero-order valence-corrected chi connectivity index (χ0v) is 20.1. The molecule has 1 aromatic heterocycles. The Labute approximate surface area is 189 Å². The minimum Gasteiger partial charge on any atom is -0.496 e. The first kappa shape index (κ1) is 20.4. The fourth-order valence-corrected chi connectivity index (χ4v) is 5.62. The van der Waals surface area contributed by atoms with Gasteiger partial charge in [-0.25, -0.2) is 4.99 Å². The van der Waals surface area contributed by atoms with E-state index in [1.54, 1.807) is 25.5 Å². The molecule has 0 aliphatic carbocycles. The first-order valence-corrected chi connectivity index (χ1v) is 11.4. The predicted molar refractivity (Wildman–Crippen MR) is 126 cm³/mol. The Morgan fingerprint density at radius 1 is 1.24 bits per heavy atom. The van der Waals surface area contributed by atoms with Crippen molar-refractivity contribution in [3.63, 3.8) is 0 Å². The van der Waals surface area contributed by atoms with Crippen LogP contribution in [0.25, 0.3) is 21.2 Å². The average molecular weight is 537 g/mol. The number of thiophene rings is 1. The Kier molecular flexibility index (Phi) is 5.21. The third-order valence-electron chi connectivity index (χ3n) is 5.29. The van der Waals surface area contributed by atoms with E-state index in [1.807, 2.05) is 19.1 Å². The molecule has 0 unspecified atom stereocenters. The van der Waals surface area contributed by atoms with Crippen LogP contribution in [0.2, 0.25) is 0 Å². The van der Waals surface area contributed by atoms with E-state index < -0.39 is 5.54 Å². The number of hydrogen-bond acceptors (Lipinski definition) is 5. The van der Waals surface area contributed by atoms with Crippen molar-refractivity contribution in [2.75, 3.05) is 14.2 Å². The van der Waals surface area contributed by atoms with Gasteiger partial charge >= 0.3 is 0 Å². The number of benzene rings is 2. The average Bonchev–Trinajstić information content (AvgIpc) is 3.07. The minimum atomic E-state index is -0.725. The smallest absolute Gasteiger partial charge is 0.231 e. The molecule has 1 aliphatic rings. The molecule has 0 spiro atoms. The van der Waals surface area contributed by atoms with Crippen LogP contribution in [0.5, 0.6) is 5.75 Å². The molecule has 1 aliphatic heterocycles. The lowest BCUT2D eigenvalue weighted by Crippen LogP contribution is -2.47. The number of nitrogens with zero attached hydrogens (tertiary/aromatic N) is 2. The van der Waals surface area contributed by atoms with Crippen LogP contribution in [-0.4, -0.2) is 30.9 Å². The molecular weight excluding hydrogens is 518 g/mol. The maximum Gasteiger partial charge on any atom is 0.231 e. The molecule has 1 atom stereocenters. The second kappa shape index (κ2) is 7.41. The largest absolute Gasteiger partial charge is 0.496 e. The lowest BCUT2D eigenvalue weighted by atomic mass is 9.85. The minimum absolute atomic E-state index is 0.0451. The molecule has 2 N–H and O–H groups in total. The molecular formula is C21H19Br2N3O2S. The van der Waals surface area contributed by atoms with Gasteiger partial charge in [0, 0.05) is 32.6 Å². The van der Waals surface area contributed by atoms with Crippen LogP contribution in [0.4, 0.5) is 0 Å². The summed E-state index contributed by atoms with van der Waals surface area (Å²) < 4.78 is 8.56. The molecule has 0 saturated heterocycles. The van der Waals surface area contributed by atoms with Crippen LogP contribution in [0.15, 0.2) is 49.6 Å². The van der Waals surface area contributed by atoms with Crippen molar-refractivity contribution >= 4 is 65.1 Å². The fourth-order valence-electron chi connectivity index (χ4n) is 3.53. The Hall–Kier alpha value is -1.90. The normalized spacial score (nSPS) is 19.6. The van der Waals surface area contributed by atoms with E-state index >= 15 is 0 Å². The number of aliphatic imine (C=N–C) groups is 1. The van der Waals surface area contributed by atoms with Gasteiger partial charge in [0.1, 0.15) is 5.75 Å². The van der Waals surface area contributed by atoms with Gasteiger partial charge < -0.3 is 10.5 Å². The maximum atomic E-state index is 12.5. The van der Waals surface area contributed by atoms with E-state index in [2.05, 4.69) is 60.4 Å². The van der Waals surface area contributed by atoms with Crippen LogP contribution in [0, 0.1) is 0 Å². The van der Waals surface area contributed by atoms with Crippen LogP contribution >= 0.6 is 43.2 Å². The van der Waals surface area contributed by atoms with Gasteiger partial charge in [0.2, 0.25) is 5.91 Å². The number of rotatable bonds is 3. The van der Waals surface area contributed by atoms with Crippen molar-refractivity contribution in [1.82, 2.24) is 4.90 Å². The summed E-state index contributed by atoms with van der Waals surface area (Å²) >= 11 is 8.86. The van der Waals surface area contributed by atoms with Gasteiger partial charge in [0.05, 0.1) is 23.5 Å². The molecule has 1 amide bonds. The number of hydrogen-bond donors (Lipinski definition) is 1. The first-order chi connectivity index (χ1) is 13.7. The van der Waals surface area contributed by atoms with Gasteiger partial charge in [-0.1, -0.05) is 6.07 Å². The van der Waals surface area contributed by atoms with Crippen molar-refractivity contribution in [2.45, 2.75) is 18.9 Å². The Balaban J connectivity index is 1.97. The molecule has 2 heterocycles. The highest BCUT2D eigenvalue weighted by atomic mass is 79.9. The summed E-state index contributed by atoms with van der Waals surface area (Å²) in [6.07, 6.45) is 0.264. The summed E-state index contributed by atoms with van der Waals surface area (Å²) in [5.41, 5.74) is 8.36. The molecule has 0 radical (unpaired) electrons. The SMILES string of the molecule is COc1cc(-c2cc([C@]3(C)CC(=O)N(C)C(N)=N3)cc3c(Br)csc23)ccc1Br. The van der Waals surface area contributed by atoms with Gasteiger partial charge in [0.15, 0.2) is 5.96 Å². The standard InChI is InChI=1S/C21H19Br2N3O2S/c1-21(9-18(27)26(2)20(24)25-21)12-7-13(19-14(8-12)16(23)10-29-19)11-4-5-15(22)17(6-11)28-3/h4-8,10H,9H2,1-3H3,(H2,24,25)/t21-/m0/s1. The number of halogens is 2. The maximum absolute atomic E-state index is 12.5. The predicted octanol–water partition coefficient (Wildman–Crippen LogP) is 5.49. The number of methoxy groups -OCH3 is 1. The monoisotopic (exact) mass is 535 g/mol. The van der Waals surface area contributed by atoms with Gasteiger partial charge in [-0.05, 0) is 74.2 Å². The highest BCUT2D eigenvalue weighted by molar-refractivity contribution is 9.11.